The zero-order valence-corrected chi connectivity index (χ0v) is 11.5. The van der Waals surface area contributed by atoms with Crippen LogP contribution in [0.1, 0.15) is 32.8 Å². The molecule has 0 unspecified atom stereocenters. The lowest BCUT2D eigenvalue weighted by Gasteiger charge is -2.33. The van der Waals surface area contributed by atoms with E-state index >= 15 is 0 Å². The van der Waals surface area contributed by atoms with Crippen molar-refractivity contribution in [2.24, 2.45) is 5.92 Å². The first-order valence-corrected chi connectivity index (χ1v) is 6.75. The van der Waals surface area contributed by atoms with Crippen LogP contribution in [0.5, 0.6) is 0 Å². The summed E-state index contributed by atoms with van der Waals surface area (Å²) in [5, 5.41) is 10.2. The number of halogens is 1. The third-order valence-electron chi connectivity index (χ3n) is 4.54. The molecular weight excluding hydrogens is 243 g/mol. The Labute approximate surface area is 112 Å². The van der Waals surface area contributed by atoms with Crippen LogP contribution in [0.4, 0.5) is 4.39 Å². The fraction of sp³-hybridized carbons (Fsp3) is 0.500. The summed E-state index contributed by atoms with van der Waals surface area (Å²) in [7, 11) is 0. The maximum absolute atomic E-state index is 14.1. The van der Waals surface area contributed by atoms with E-state index in [0.717, 1.165) is 5.57 Å². The molecule has 2 aliphatic heterocycles. The van der Waals surface area contributed by atoms with Crippen molar-refractivity contribution in [1.29, 1.82) is 0 Å². The number of rotatable bonds is 2. The summed E-state index contributed by atoms with van der Waals surface area (Å²) in [6, 6.07) is 6.77. The standard InChI is InChI=1S/C16H19FO2/c1-10(2)16-9-14(18)15(3,19-16)8-12(16)11-6-4-5-7-13(11)17/h4-8,10,14,18H,9H2,1-3H3/t14-,15+,16-/m1/s1. The molecular formula is C16H19FO2. The zero-order chi connectivity index (χ0) is 13.8. The van der Waals surface area contributed by atoms with Crippen LogP contribution in [0.25, 0.3) is 5.57 Å². The van der Waals surface area contributed by atoms with Gasteiger partial charge in [-0.3, -0.25) is 0 Å². The van der Waals surface area contributed by atoms with Gasteiger partial charge in [-0.05, 0) is 30.6 Å². The van der Waals surface area contributed by atoms with E-state index in [1.165, 1.54) is 6.07 Å². The average Bonchev–Trinajstić information content (AvgIpc) is 2.78. The minimum absolute atomic E-state index is 0.178. The van der Waals surface area contributed by atoms with Crippen LogP contribution in [0.15, 0.2) is 30.3 Å². The zero-order valence-electron chi connectivity index (χ0n) is 11.5. The molecule has 0 amide bonds. The van der Waals surface area contributed by atoms with Gasteiger partial charge in [-0.15, -0.1) is 0 Å². The predicted octanol–water partition coefficient (Wildman–Crippen LogP) is 3.16. The summed E-state index contributed by atoms with van der Waals surface area (Å²) in [5.74, 6) is -0.0552. The summed E-state index contributed by atoms with van der Waals surface area (Å²) < 4.78 is 20.2. The maximum atomic E-state index is 14.1. The van der Waals surface area contributed by atoms with Gasteiger partial charge in [0.05, 0.1) is 11.7 Å². The molecule has 19 heavy (non-hydrogen) atoms. The first kappa shape index (κ1) is 12.8. The highest BCUT2D eigenvalue weighted by atomic mass is 19.1. The van der Waals surface area contributed by atoms with Crippen LogP contribution in [-0.4, -0.2) is 22.4 Å². The molecule has 0 aromatic heterocycles. The Kier molecular flexibility index (Phi) is 2.63. The molecule has 1 fully saturated rings. The molecule has 0 saturated carbocycles. The van der Waals surface area contributed by atoms with Gasteiger partial charge in [0.15, 0.2) is 0 Å². The topological polar surface area (TPSA) is 29.5 Å². The van der Waals surface area contributed by atoms with Crippen molar-refractivity contribution in [1.82, 2.24) is 0 Å². The predicted molar refractivity (Wildman–Crippen MR) is 72.1 cm³/mol. The van der Waals surface area contributed by atoms with Gasteiger partial charge < -0.3 is 9.84 Å². The van der Waals surface area contributed by atoms with Gasteiger partial charge >= 0.3 is 0 Å². The quantitative estimate of drug-likeness (QED) is 0.887. The molecule has 3 heteroatoms. The second kappa shape index (κ2) is 3.90. The number of aliphatic hydroxyl groups is 1. The van der Waals surface area contributed by atoms with Gasteiger partial charge in [0, 0.05) is 12.0 Å². The molecule has 0 spiro atoms. The minimum atomic E-state index is -0.693. The van der Waals surface area contributed by atoms with E-state index < -0.39 is 17.3 Å². The molecule has 0 aliphatic carbocycles. The fourth-order valence-electron chi connectivity index (χ4n) is 3.34. The summed E-state index contributed by atoms with van der Waals surface area (Å²) in [6.07, 6.45) is 1.91. The van der Waals surface area contributed by atoms with Gasteiger partial charge in [0.2, 0.25) is 0 Å². The highest BCUT2D eigenvalue weighted by Gasteiger charge is 2.60. The lowest BCUT2D eigenvalue weighted by Crippen LogP contribution is -2.36. The average molecular weight is 262 g/mol. The normalized spacial score (nSPS) is 36.9. The van der Waals surface area contributed by atoms with Crippen molar-refractivity contribution in [3.8, 4) is 0 Å². The molecule has 3 atom stereocenters. The molecule has 1 aromatic rings. The van der Waals surface area contributed by atoms with Gasteiger partial charge in [0.25, 0.3) is 0 Å². The second-order valence-electron chi connectivity index (χ2n) is 6.09. The molecule has 3 rings (SSSR count). The van der Waals surface area contributed by atoms with Crippen molar-refractivity contribution in [2.45, 2.75) is 44.5 Å². The van der Waals surface area contributed by atoms with E-state index in [2.05, 4.69) is 13.8 Å². The van der Waals surface area contributed by atoms with E-state index in [0.29, 0.717) is 12.0 Å². The Morgan fingerprint density at radius 2 is 2.05 bits per heavy atom. The number of fused-ring (bicyclic) bond motifs is 2. The van der Waals surface area contributed by atoms with E-state index in [1.807, 2.05) is 19.1 Å². The third-order valence-corrected chi connectivity index (χ3v) is 4.54. The van der Waals surface area contributed by atoms with Crippen LogP contribution in [0.2, 0.25) is 0 Å². The number of aliphatic hydroxyl groups excluding tert-OH is 1. The first-order valence-electron chi connectivity index (χ1n) is 6.75. The van der Waals surface area contributed by atoms with Gasteiger partial charge in [-0.25, -0.2) is 4.39 Å². The smallest absolute Gasteiger partial charge is 0.130 e. The largest absolute Gasteiger partial charge is 0.390 e. The van der Waals surface area contributed by atoms with Crippen LogP contribution in [-0.2, 0) is 4.74 Å². The van der Waals surface area contributed by atoms with E-state index in [-0.39, 0.29) is 11.7 Å². The van der Waals surface area contributed by atoms with E-state index in [9.17, 15) is 9.50 Å². The molecule has 1 N–H and O–H groups in total. The molecule has 2 heterocycles. The van der Waals surface area contributed by atoms with Crippen molar-refractivity contribution in [3.05, 3.63) is 41.7 Å². The second-order valence-corrected chi connectivity index (χ2v) is 6.09. The highest BCUT2D eigenvalue weighted by Crippen LogP contribution is 2.56. The Bertz CT molecular complexity index is 551. The number of ether oxygens (including phenoxy) is 1. The molecule has 0 radical (unpaired) electrons. The van der Waals surface area contributed by atoms with Crippen molar-refractivity contribution >= 4 is 5.57 Å². The highest BCUT2D eigenvalue weighted by molar-refractivity contribution is 5.77. The van der Waals surface area contributed by atoms with E-state index in [4.69, 9.17) is 4.74 Å². The molecule has 1 aromatic carbocycles. The van der Waals surface area contributed by atoms with Crippen molar-refractivity contribution in [3.63, 3.8) is 0 Å². The maximum Gasteiger partial charge on any atom is 0.130 e. The molecule has 2 bridgehead atoms. The summed E-state index contributed by atoms with van der Waals surface area (Å²) in [6.45, 7) is 5.98. The van der Waals surface area contributed by atoms with Gasteiger partial charge in [-0.2, -0.15) is 0 Å². The van der Waals surface area contributed by atoms with Gasteiger partial charge in [0.1, 0.15) is 11.4 Å². The Morgan fingerprint density at radius 3 is 2.63 bits per heavy atom. The van der Waals surface area contributed by atoms with Crippen molar-refractivity contribution in [2.75, 3.05) is 0 Å². The van der Waals surface area contributed by atoms with Crippen LogP contribution >= 0.6 is 0 Å². The summed E-state index contributed by atoms with van der Waals surface area (Å²) >= 11 is 0. The minimum Gasteiger partial charge on any atom is -0.390 e. The SMILES string of the molecule is CC(C)[C@]12C[C@@H](O)[C@](C)(C=C1c1ccccc1F)O2. The van der Waals surface area contributed by atoms with Crippen LogP contribution in [0.3, 0.4) is 0 Å². The molecule has 2 nitrogen and oxygen atoms in total. The number of benzene rings is 1. The molecule has 2 aliphatic rings. The molecule has 102 valence electrons. The number of hydrogen-bond acceptors (Lipinski definition) is 2. The Hall–Kier alpha value is -1.19. The Morgan fingerprint density at radius 1 is 1.37 bits per heavy atom. The van der Waals surface area contributed by atoms with Gasteiger partial charge in [-0.1, -0.05) is 32.0 Å². The van der Waals surface area contributed by atoms with Crippen LogP contribution in [0, 0.1) is 11.7 Å². The fourth-order valence-corrected chi connectivity index (χ4v) is 3.34. The summed E-state index contributed by atoms with van der Waals surface area (Å²) in [4.78, 5) is 0. The monoisotopic (exact) mass is 262 g/mol. The lowest BCUT2D eigenvalue weighted by molar-refractivity contribution is -0.0622. The lowest BCUT2D eigenvalue weighted by atomic mass is 9.73. The van der Waals surface area contributed by atoms with Crippen LogP contribution < -0.4 is 0 Å². The Balaban J connectivity index is 2.16. The molecule has 1 saturated heterocycles. The number of hydrogen-bond donors (Lipinski definition) is 1. The summed E-state index contributed by atoms with van der Waals surface area (Å²) in [5.41, 5.74) is 0.207. The first-order chi connectivity index (χ1) is 8.89. The third kappa shape index (κ3) is 1.61. The van der Waals surface area contributed by atoms with Crippen molar-refractivity contribution < 1.29 is 14.2 Å². The van der Waals surface area contributed by atoms with E-state index in [1.54, 1.807) is 12.1 Å².